The van der Waals surface area contributed by atoms with E-state index in [4.69, 9.17) is 9.47 Å². The molecule has 0 N–H and O–H groups in total. The van der Waals surface area contributed by atoms with Gasteiger partial charge in [0.15, 0.2) is 0 Å². The number of benzene rings is 1. The second-order valence-electron chi connectivity index (χ2n) is 4.23. The molecule has 0 fully saturated rings. The summed E-state index contributed by atoms with van der Waals surface area (Å²) >= 11 is 0. The number of rotatable bonds is 2. The summed E-state index contributed by atoms with van der Waals surface area (Å²) in [6, 6.07) is 8.02. The van der Waals surface area contributed by atoms with E-state index in [1.54, 1.807) is 6.26 Å². The first kappa shape index (κ1) is 11.0. The lowest BCUT2D eigenvalue weighted by molar-refractivity contribution is 0.163. The van der Waals surface area contributed by atoms with Crippen molar-refractivity contribution in [1.82, 2.24) is 4.90 Å². The van der Waals surface area contributed by atoms with Crippen LogP contribution in [0.5, 0.6) is 5.75 Å². The number of hydrogen-bond acceptors (Lipinski definition) is 3. The number of hydrogen-bond donors (Lipinski definition) is 0. The van der Waals surface area contributed by atoms with Crippen LogP contribution in [0.2, 0.25) is 0 Å². The molecule has 1 aromatic carbocycles. The zero-order valence-corrected chi connectivity index (χ0v) is 10.5. The molecule has 2 aliphatic heterocycles. The van der Waals surface area contributed by atoms with Crippen molar-refractivity contribution in [3.63, 3.8) is 0 Å². The summed E-state index contributed by atoms with van der Waals surface area (Å²) in [7, 11) is 1.99. The molecule has 0 spiro atoms. The summed E-state index contributed by atoms with van der Waals surface area (Å²) in [5, 5.41) is 0. The van der Waals surface area contributed by atoms with Gasteiger partial charge < -0.3 is 14.4 Å². The molecule has 92 valence electrons. The van der Waals surface area contributed by atoms with Crippen LogP contribution in [0.3, 0.4) is 0 Å². The first-order chi connectivity index (χ1) is 8.81. The van der Waals surface area contributed by atoms with E-state index in [0.29, 0.717) is 6.61 Å². The Bertz CT molecular complexity index is 570. The summed E-state index contributed by atoms with van der Waals surface area (Å²) in [5.41, 5.74) is 3.23. The van der Waals surface area contributed by atoms with E-state index in [-0.39, 0.29) is 0 Å². The molecular weight excluding hydrogens is 226 g/mol. The SMILES string of the molecule is CCOC1=C2C(=COc3ccccc32)C=CN1C. The van der Waals surface area contributed by atoms with E-state index >= 15 is 0 Å². The van der Waals surface area contributed by atoms with Crippen molar-refractivity contribution < 1.29 is 9.47 Å². The standard InChI is InChI=1S/C15H15NO2/c1-3-17-15-14-11(8-9-16(15)2)10-18-13-7-5-4-6-12(13)14/h4-10H,3H2,1-2H3. The second kappa shape index (κ2) is 4.26. The van der Waals surface area contributed by atoms with Gasteiger partial charge in [0.05, 0.1) is 18.4 Å². The molecule has 0 aromatic heterocycles. The van der Waals surface area contributed by atoms with Crippen LogP contribution in [0.4, 0.5) is 0 Å². The molecule has 18 heavy (non-hydrogen) atoms. The van der Waals surface area contributed by atoms with Crippen LogP contribution in [0.25, 0.3) is 5.57 Å². The first-order valence-corrected chi connectivity index (χ1v) is 6.06. The third-order valence-corrected chi connectivity index (χ3v) is 3.05. The maximum atomic E-state index is 5.78. The molecule has 0 unspecified atom stereocenters. The molecule has 0 atom stereocenters. The zero-order valence-electron chi connectivity index (χ0n) is 10.5. The topological polar surface area (TPSA) is 21.7 Å². The minimum absolute atomic E-state index is 0.646. The molecule has 3 rings (SSSR count). The largest absolute Gasteiger partial charge is 0.479 e. The van der Waals surface area contributed by atoms with Gasteiger partial charge in [0, 0.05) is 24.4 Å². The molecule has 2 heterocycles. The maximum absolute atomic E-state index is 5.78. The molecule has 0 aliphatic carbocycles. The highest BCUT2D eigenvalue weighted by Crippen LogP contribution is 2.40. The Morgan fingerprint density at radius 1 is 1.28 bits per heavy atom. The summed E-state index contributed by atoms with van der Waals surface area (Å²) in [5.74, 6) is 1.75. The highest BCUT2D eigenvalue weighted by Gasteiger charge is 2.26. The molecule has 0 amide bonds. The molecule has 3 nitrogen and oxygen atoms in total. The lowest BCUT2D eigenvalue weighted by Crippen LogP contribution is -2.20. The normalized spacial score (nSPS) is 16.8. The van der Waals surface area contributed by atoms with Crippen LogP contribution in [0, 0.1) is 0 Å². The second-order valence-corrected chi connectivity index (χ2v) is 4.23. The first-order valence-electron chi connectivity index (χ1n) is 6.06. The van der Waals surface area contributed by atoms with Gasteiger partial charge in [0.2, 0.25) is 5.88 Å². The molecule has 3 heteroatoms. The maximum Gasteiger partial charge on any atom is 0.202 e. The minimum Gasteiger partial charge on any atom is -0.479 e. The van der Waals surface area contributed by atoms with E-state index in [0.717, 1.165) is 28.3 Å². The number of ether oxygens (including phenoxy) is 2. The Balaban J connectivity index is 2.20. The summed E-state index contributed by atoms with van der Waals surface area (Å²) < 4.78 is 11.4. The molecule has 0 radical (unpaired) electrons. The van der Waals surface area contributed by atoms with Crippen molar-refractivity contribution >= 4 is 5.57 Å². The highest BCUT2D eigenvalue weighted by atomic mass is 16.5. The van der Waals surface area contributed by atoms with Crippen LogP contribution in [-0.4, -0.2) is 18.6 Å². The number of allylic oxidation sites excluding steroid dienone is 3. The predicted molar refractivity (Wildman–Crippen MR) is 70.6 cm³/mol. The van der Waals surface area contributed by atoms with Crippen molar-refractivity contribution in [3.05, 3.63) is 59.8 Å². The van der Waals surface area contributed by atoms with Gasteiger partial charge in [-0.15, -0.1) is 0 Å². The van der Waals surface area contributed by atoms with Gasteiger partial charge in [0.25, 0.3) is 0 Å². The van der Waals surface area contributed by atoms with Crippen molar-refractivity contribution in [1.29, 1.82) is 0 Å². The third-order valence-electron chi connectivity index (χ3n) is 3.05. The van der Waals surface area contributed by atoms with Crippen LogP contribution >= 0.6 is 0 Å². The van der Waals surface area contributed by atoms with Crippen LogP contribution < -0.4 is 4.74 Å². The van der Waals surface area contributed by atoms with Gasteiger partial charge in [-0.2, -0.15) is 0 Å². The van der Waals surface area contributed by atoms with Crippen molar-refractivity contribution in [2.45, 2.75) is 6.92 Å². The summed E-state index contributed by atoms with van der Waals surface area (Å²) in [4.78, 5) is 2.00. The molecule has 1 aromatic rings. The van der Waals surface area contributed by atoms with Crippen molar-refractivity contribution in [3.8, 4) is 5.75 Å². The van der Waals surface area contributed by atoms with E-state index in [1.807, 2.05) is 49.3 Å². The van der Waals surface area contributed by atoms with Crippen LogP contribution in [0.15, 0.2) is 54.3 Å². The molecule has 0 bridgehead atoms. The number of nitrogens with zero attached hydrogens (tertiary/aromatic N) is 1. The monoisotopic (exact) mass is 241 g/mol. The zero-order chi connectivity index (χ0) is 12.5. The fourth-order valence-corrected chi connectivity index (χ4v) is 2.23. The minimum atomic E-state index is 0.646. The van der Waals surface area contributed by atoms with Gasteiger partial charge in [-0.25, -0.2) is 0 Å². The Labute approximate surface area is 107 Å². The van der Waals surface area contributed by atoms with E-state index < -0.39 is 0 Å². The lowest BCUT2D eigenvalue weighted by Gasteiger charge is -2.29. The number of fused-ring (bicyclic) bond motifs is 3. The molecule has 0 saturated heterocycles. The van der Waals surface area contributed by atoms with Gasteiger partial charge in [-0.05, 0) is 19.1 Å². The quantitative estimate of drug-likeness (QED) is 0.794. The fourth-order valence-electron chi connectivity index (χ4n) is 2.23. The highest BCUT2D eigenvalue weighted by molar-refractivity contribution is 5.87. The Morgan fingerprint density at radius 2 is 2.11 bits per heavy atom. The average Bonchev–Trinajstić information content (AvgIpc) is 2.41. The number of para-hydroxylation sites is 1. The Hall–Kier alpha value is -2.16. The van der Waals surface area contributed by atoms with Crippen molar-refractivity contribution in [2.24, 2.45) is 0 Å². The van der Waals surface area contributed by atoms with Crippen LogP contribution in [0.1, 0.15) is 12.5 Å². The average molecular weight is 241 g/mol. The van der Waals surface area contributed by atoms with Gasteiger partial charge in [-0.3, -0.25) is 0 Å². The fraction of sp³-hybridized carbons (Fsp3) is 0.200. The van der Waals surface area contributed by atoms with Gasteiger partial charge >= 0.3 is 0 Å². The molecule has 2 aliphatic rings. The van der Waals surface area contributed by atoms with Gasteiger partial charge in [0.1, 0.15) is 5.75 Å². The van der Waals surface area contributed by atoms with Gasteiger partial charge in [-0.1, -0.05) is 18.2 Å². The molecular formula is C15H15NO2. The smallest absolute Gasteiger partial charge is 0.202 e. The van der Waals surface area contributed by atoms with Crippen LogP contribution in [-0.2, 0) is 4.74 Å². The predicted octanol–water partition coefficient (Wildman–Crippen LogP) is 3.13. The Morgan fingerprint density at radius 3 is 2.94 bits per heavy atom. The van der Waals surface area contributed by atoms with E-state index in [2.05, 4.69) is 6.07 Å². The third kappa shape index (κ3) is 1.59. The lowest BCUT2D eigenvalue weighted by atomic mass is 9.94. The Kier molecular flexibility index (Phi) is 2.59. The van der Waals surface area contributed by atoms with E-state index in [1.165, 1.54) is 0 Å². The summed E-state index contributed by atoms with van der Waals surface area (Å²) in [6.45, 7) is 2.64. The molecule has 0 saturated carbocycles. The van der Waals surface area contributed by atoms with E-state index in [9.17, 15) is 0 Å². The van der Waals surface area contributed by atoms with Crippen molar-refractivity contribution in [2.75, 3.05) is 13.7 Å². The summed E-state index contributed by atoms with van der Waals surface area (Å²) in [6.07, 6.45) is 5.80.